The number of carbonyl (C=O) groups excluding carboxylic acids is 3. The van der Waals surface area contributed by atoms with Gasteiger partial charge in [-0.3, -0.25) is 19.3 Å². The Labute approximate surface area is 168 Å². The van der Waals surface area contributed by atoms with Crippen molar-refractivity contribution in [1.82, 2.24) is 4.90 Å². The van der Waals surface area contributed by atoms with E-state index < -0.39 is 41.8 Å². The number of hydrogen-bond acceptors (Lipinski definition) is 5. The smallest absolute Gasteiger partial charge is 0.405 e. The quantitative estimate of drug-likeness (QED) is 0.549. The molecule has 0 aliphatic carbocycles. The summed E-state index contributed by atoms with van der Waals surface area (Å²) in [6.07, 6.45) is 1.01. The molecule has 2 rings (SSSR count). The highest BCUT2D eigenvalue weighted by molar-refractivity contribution is 6.21. The lowest BCUT2D eigenvalue weighted by Gasteiger charge is -2.16. The minimum atomic E-state index is -0.941. The third-order valence-corrected chi connectivity index (χ3v) is 3.55. The van der Waals surface area contributed by atoms with Gasteiger partial charge in [0.2, 0.25) is 0 Å². The summed E-state index contributed by atoms with van der Waals surface area (Å²) in [7, 11) is 0. The lowest BCUT2D eigenvalue weighted by Crippen LogP contribution is -2.31. The predicted molar refractivity (Wildman–Crippen MR) is 103 cm³/mol. The van der Waals surface area contributed by atoms with Gasteiger partial charge in [-0.25, -0.2) is 9.18 Å². The zero-order chi connectivity index (χ0) is 22.2. The number of nitrogens with two attached hydrogens (primary N) is 1. The van der Waals surface area contributed by atoms with E-state index in [9.17, 15) is 23.6 Å². The first-order valence-electron chi connectivity index (χ1n) is 8.92. The maximum absolute atomic E-state index is 13.7. The van der Waals surface area contributed by atoms with Gasteiger partial charge >= 0.3 is 12.1 Å². The topological polar surface area (TPSA) is 127 Å². The highest BCUT2D eigenvalue weighted by Gasteiger charge is 2.35. The van der Waals surface area contributed by atoms with E-state index in [-0.39, 0.29) is 24.0 Å². The van der Waals surface area contributed by atoms with Crippen molar-refractivity contribution in [2.75, 3.05) is 6.54 Å². The number of primary amides is 1. The van der Waals surface area contributed by atoms with Crippen molar-refractivity contribution in [2.45, 2.75) is 45.6 Å². The molecule has 3 N–H and O–H groups in total. The first-order chi connectivity index (χ1) is 13.4. The van der Waals surface area contributed by atoms with Crippen molar-refractivity contribution in [2.24, 2.45) is 5.73 Å². The number of ether oxygens (including phenoxy) is 1. The average molecular weight is 408 g/mol. The number of carboxylic acid groups (broad SMARTS) is 1. The zero-order valence-corrected chi connectivity index (χ0v) is 16.6. The van der Waals surface area contributed by atoms with Crippen LogP contribution in [0, 0.1) is 0 Å². The predicted octanol–water partition coefficient (Wildman–Crippen LogP) is 3.27. The van der Waals surface area contributed by atoms with Crippen LogP contribution < -0.4 is 5.73 Å². The SMILES string of the molecule is CC(C)(C)OC(N)=O.O=C(O)CCC/C=C(\F)CN1C(=O)c2ccccc2C1=O. The van der Waals surface area contributed by atoms with Crippen LogP contribution in [0.25, 0.3) is 0 Å². The number of hydrogen-bond donors (Lipinski definition) is 2. The number of halogens is 1. The van der Waals surface area contributed by atoms with Crippen LogP contribution in [0.15, 0.2) is 36.2 Å². The molecular formula is C20H25FN2O6. The summed E-state index contributed by atoms with van der Waals surface area (Å²) in [5, 5.41) is 8.47. The summed E-state index contributed by atoms with van der Waals surface area (Å²) in [5.74, 6) is -2.58. The second kappa shape index (κ2) is 10.4. The first kappa shape index (κ1) is 23.8. The Morgan fingerprint density at radius 3 is 2.07 bits per heavy atom. The molecule has 1 heterocycles. The van der Waals surface area contributed by atoms with E-state index in [0.717, 1.165) is 4.90 Å². The lowest BCUT2D eigenvalue weighted by molar-refractivity contribution is -0.137. The average Bonchev–Trinajstić information content (AvgIpc) is 2.82. The number of amides is 3. The summed E-state index contributed by atoms with van der Waals surface area (Å²) in [6, 6.07) is 6.35. The molecule has 0 radical (unpaired) electrons. The second-order valence-corrected chi connectivity index (χ2v) is 7.21. The van der Waals surface area contributed by atoms with Crippen LogP contribution in [0.1, 0.15) is 60.7 Å². The van der Waals surface area contributed by atoms with Crippen LogP contribution in [0.2, 0.25) is 0 Å². The van der Waals surface area contributed by atoms with E-state index in [2.05, 4.69) is 4.74 Å². The molecule has 0 saturated carbocycles. The molecule has 9 heteroatoms. The highest BCUT2D eigenvalue weighted by Crippen LogP contribution is 2.23. The van der Waals surface area contributed by atoms with Gasteiger partial charge < -0.3 is 15.6 Å². The normalized spacial score (nSPS) is 13.5. The minimum absolute atomic E-state index is 0.0448. The van der Waals surface area contributed by atoms with Gasteiger partial charge in [-0.1, -0.05) is 18.2 Å². The number of carbonyl (C=O) groups is 4. The van der Waals surface area contributed by atoms with Gasteiger partial charge in [-0.15, -0.1) is 0 Å². The molecular weight excluding hydrogens is 383 g/mol. The molecule has 3 amide bonds. The number of aliphatic carboxylic acids is 1. The summed E-state index contributed by atoms with van der Waals surface area (Å²) in [4.78, 5) is 45.2. The fraction of sp³-hybridized carbons (Fsp3) is 0.400. The van der Waals surface area contributed by atoms with Gasteiger partial charge in [0.1, 0.15) is 11.4 Å². The fourth-order valence-electron chi connectivity index (χ4n) is 2.41. The highest BCUT2D eigenvalue weighted by atomic mass is 19.1. The van der Waals surface area contributed by atoms with Crippen LogP contribution in [0.3, 0.4) is 0 Å². The van der Waals surface area contributed by atoms with Gasteiger partial charge in [0.15, 0.2) is 0 Å². The molecule has 1 aliphatic rings. The van der Waals surface area contributed by atoms with Crippen LogP contribution in [0.4, 0.5) is 9.18 Å². The van der Waals surface area contributed by atoms with Gasteiger partial charge in [0.05, 0.1) is 17.7 Å². The molecule has 1 aromatic rings. The largest absolute Gasteiger partial charge is 0.481 e. The van der Waals surface area contributed by atoms with Crippen LogP contribution in [0.5, 0.6) is 0 Å². The van der Waals surface area contributed by atoms with Crippen molar-refractivity contribution < 1.29 is 33.4 Å². The monoisotopic (exact) mass is 408 g/mol. The Hall–Kier alpha value is -3.23. The van der Waals surface area contributed by atoms with Crippen LogP contribution in [-0.2, 0) is 9.53 Å². The molecule has 1 aliphatic heterocycles. The van der Waals surface area contributed by atoms with Crippen molar-refractivity contribution >= 4 is 23.9 Å². The number of nitrogens with zero attached hydrogens (tertiary/aromatic N) is 1. The Bertz CT molecular complexity index is 778. The number of allylic oxidation sites excluding steroid dienone is 1. The molecule has 0 saturated heterocycles. The van der Waals surface area contributed by atoms with E-state index in [1.807, 2.05) is 0 Å². The van der Waals surface area contributed by atoms with Crippen LogP contribution >= 0.6 is 0 Å². The molecule has 0 atom stereocenters. The van der Waals surface area contributed by atoms with E-state index in [1.54, 1.807) is 32.9 Å². The summed E-state index contributed by atoms with van der Waals surface area (Å²) >= 11 is 0. The maximum Gasteiger partial charge on any atom is 0.405 e. The van der Waals surface area contributed by atoms with E-state index in [4.69, 9.17) is 10.8 Å². The number of unbranched alkanes of at least 4 members (excludes halogenated alkanes) is 1. The fourth-order valence-corrected chi connectivity index (χ4v) is 2.41. The molecule has 8 nitrogen and oxygen atoms in total. The maximum atomic E-state index is 13.7. The number of fused-ring (bicyclic) bond motifs is 1. The molecule has 0 fully saturated rings. The Morgan fingerprint density at radius 1 is 1.17 bits per heavy atom. The molecule has 0 spiro atoms. The van der Waals surface area contributed by atoms with E-state index in [0.29, 0.717) is 6.42 Å². The van der Waals surface area contributed by atoms with Crippen molar-refractivity contribution in [3.05, 3.63) is 47.3 Å². The first-order valence-corrected chi connectivity index (χ1v) is 8.92. The number of rotatable bonds is 6. The third-order valence-electron chi connectivity index (χ3n) is 3.55. The zero-order valence-electron chi connectivity index (χ0n) is 16.6. The summed E-state index contributed by atoms with van der Waals surface area (Å²) < 4.78 is 18.3. The third kappa shape index (κ3) is 8.12. The summed E-state index contributed by atoms with van der Waals surface area (Å²) in [6.45, 7) is 4.87. The molecule has 0 bridgehead atoms. The van der Waals surface area contributed by atoms with Crippen molar-refractivity contribution in [3.8, 4) is 0 Å². The van der Waals surface area contributed by atoms with Gasteiger partial charge in [0, 0.05) is 6.42 Å². The molecule has 158 valence electrons. The molecule has 0 unspecified atom stereocenters. The van der Waals surface area contributed by atoms with Crippen molar-refractivity contribution in [1.29, 1.82) is 0 Å². The summed E-state index contributed by atoms with van der Waals surface area (Å²) in [5.41, 5.74) is 4.82. The van der Waals surface area contributed by atoms with E-state index >= 15 is 0 Å². The van der Waals surface area contributed by atoms with E-state index in [1.165, 1.54) is 18.2 Å². The molecule has 0 aromatic heterocycles. The molecule has 1 aromatic carbocycles. The standard InChI is InChI=1S/C15H14FNO4.C5H11NO2/c16-10(5-1-4-8-13(18)19)9-17-14(20)11-6-2-3-7-12(11)15(17)21;1-5(2,3)8-4(6)7/h2-3,5-7H,1,4,8-9H2,(H,18,19);1-3H3,(H2,6,7)/b10-5-;. The van der Waals surface area contributed by atoms with Gasteiger partial charge in [-0.05, 0) is 45.7 Å². The second-order valence-electron chi connectivity index (χ2n) is 7.21. The molecule has 29 heavy (non-hydrogen) atoms. The van der Waals surface area contributed by atoms with Crippen molar-refractivity contribution in [3.63, 3.8) is 0 Å². The Balaban J connectivity index is 0.000000447. The number of benzene rings is 1. The lowest BCUT2D eigenvalue weighted by atomic mass is 10.1. The van der Waals surface area contributed by atoms with Gasteiger partial charge in [-0.2, -0.15) is 0 Å². The number of carboxylic acids is 1. The minimum Gasteiger partial charge on any atom is -0.481 e. The Kier molecular flexibility index (Phi) is 8.50. The van der Waals surface area contributed by atoms with Crippen LogP contribution in [-0.4, -0.2) is 46.0 Å². The van der Waals surface area contributed by atoms with Gasteiger partial charge in [0.25, 0.3) is 11.8 Å². The number of imide groups is 1. The Morgan fingerprint density at radius 2 is 1.69 bits per heavy atom.